The number of carbonyl (C=O) groups is 3. The Bertz CT molecular complexity index is 608. The number of fused-ring (bicyclic) bond motifs is 1. The third-order valence-corrected chi connectivity index (χ3v) is 4.00. The number of amides is 2. The lowest BCUT2D eigenvalue weighted by Crippen LogP contribution is -2.41. The standard InChI is InChI=1S/C14H13ClN2O3/c15-10-5-3-4-9-12(10)17(14(20)13(9)19)8-11(18)16-6-1-2-7-16/h3-5H,1-2,6-8H2. The number of hydrogen-bond donors (Lipinski definition) is 0. The van der Waals surface area contributed by atoms with Gasteiger partial charge in [-0.1, -0.05) is 17.7 Å². The molecular formula is C14H13ClN2O3. The molecular weight excluding hydrogens is 280 g/mol. The average molecular weight is 293 g/mol. The van der Waals surface area contributed by atoms with Gasteiger partial charge in [0.2, 0.25) is 5.91 Å². The van der Waals surface area contributed by atoms with Crippen molar-refractivity contribution >= 4 is 34.9 Å². The molecule has 2 amide bonds. The third-order valence-electron chi connectivity index (χ3n) is 3.69. The highest BCUT2D eigenvalue weighted by Gasteiger charge is 2.39. The van der Waals surface area contributed by atoms with Crippen LogP contribution in [-0.2, 0) is 9.59 Å². The van der Waals surface area contributed by atoms with Gasteiger partial charge in [0.1, 0.15) is 6.54 Å². The Hall–Kier alpha value is -1.88. The molecule has 0 radical (unpaired) electrons. The van der Waals surface area contributed by atoms with E-state index in [1.54, 1.807) is 23.1 Å². The van der Waals surface area contributed by atoms with Crippen molar-refractivity contribution in [1.82, 2.24) is 4.90 Å². The van der Waals surface area contributed by atoms with Crippen molar-refractivity contribution in [2.75, 3.05) is 24.5 Å². The smallest absolute Gasteiger partial charge is 0.300 e. The highest BCUT2D eigenvalue weighted by Crippen LogP contribution is 2.35. The van der Waals surface area contributed by atoms with Crippen LogP contribution < -0.4 is 4.90 Å². The fourth-order valence-corrected chi connectivity index (χ4v) is 2.94. The number of anilines is 1. The fraction of sp³-hybridized carbons (Fsp3) is 0.357. The van der Waals surface area contributed by atoms with Gasteiger partial charge in [0.25, 0.3) is 11.7 Å². The molecule has 0 unspecified atom stereocenters. The molecule has 1 saturated heterocycles. The van der Waals surface area contributed by atoms with E-state index in [-0.39, 0.29) is 18.0 Å². The summed E-state index contributed by atoms with van der Waals surface area (Å²) in [5.41, 5.74) is 0.633. The van der Waals surface area contributed by atoms with Crippen LogP contribution in [0.4, 0.5) is 5.69 Å². The van der Waals surface area contributed by atoms with Gasteiger partial charge in [-0.25, -0.2) is 0 Å². The Morgan fingerprint density at radius 3 is 2.60 bits per heavy atom. The summed E-state index contributed by atoms with van der Waals surface area (Å²) in [6.07, 6.45) is 1.96. The Kier molecular flexibility index (Phi) is 3.22. The molecule has 2 heterocycles. The highest BCUT2D eigenvalue weighted by atomic mass is 35.5. The third kappa shape index (κ3) is 1.98. The second kappa shape index (κ2) is 4.90. The van der Waals surface area contributed by atoms with Crippen LogP contribution in [0.1, 0.15) is 23.2 Å². The maximum absolute atomic E-state index is 12.2. The van der Waals surface area contributed by atoms with Gasteiger partial charge in [0, 0.05) is 13.1 Å². The fourth-order valence-electron chi connectivity index (χ4n) is 2.66. The molecule has 0 spiro atoms. The zero-order valence-corrected chi connectivity index (χ0v) is 11.5. The van der Waals surface area contributed by atoms with Crippen molar-refractivity contribution < 1.29 is 14.4 Å². The van der Waals surface area contributed by atoms with E-state index >= 15 is 0 Å². The molecule has 0 aliphatic carbocycles. The average Bonchev–Trinajstić information content (AvgIpc) is 3.03. The second-order valence-corrected chi connectivity index (χ2v) is 5.35. The van der Waals surface area contributed by atoms with E-state index in [0.29, 0.717) is 23.8 Å². The summed E-state index contributed by atoms with van der Waals surface area (Å²) in [6, 6.07) is 4.79. The highest BCUT2D eigenvalue weighted by molar-refractivity contribution is 6.54. The van der Waals surface area contributed by atoms with Crippen molar-refractivity contribution in [2.24, 2.45) is 0 Å². The van der Waals surface area contributed by atoms with Crippen LogP contribution in [0.5, 0.6) is 0 Å². The van der Waals surface area contributed by atoms with Gasteiger partial charge >= 0.3 is 0 Å². The lowest BCUT2D eigenvalue weighted by Gasteiger charge is -2.21. The molecule has 104 valence electrons. The van der Waals surface area contributed by atoms with Gasteiger partial charge in [-0.15, -0.1) is 0 Å². The van der Waals surface area contributed by atoms with Crippen LogP contribution in [0.3, 0.4) is 0 Å². The number of hydrogen-bond acceptors (Lipinski definition) is 3. The Morgan fingerprint density at radius 2 is 1.90 bits per heavy atom. The molecule has 2 aliphatic rings. The molecule has 0 bridgehead atoms. The number of rotatable bonds is 2. The number of Topliss-reactive ketones (excluding diaryl/α,β-unsaturated/α-hetero) is 1. The first-order chi connectivity index (χ1) is 9.59. The number of ketones is 1. The molecule has 2 aliphatic heterocycles. The summed E-state index contributed by atoms with van der Waals surface area (Å²) >= 11 is 6.07. The zero-order chi connectivity index (χ0) is 14.3. The summed E-state index contributed by atoms with van der Waals surface area (Å²) in [5, 5.41) is 0.316. The van der Waals surface area contributed by atoms with Crippen molar-refractivity contribution in [3.63, 3.8) is 0 Å². The topological polar surface area (TPSA) is 57.7 Å². The molecule has 0 atom stereocenters. The van der Waals surface area contributed by atoms with E-state index in [1.807, 2.05) is 0 Å². The zero-order valence-electron chi connectivity index (χ0n) is 10.8. The van der Waals surface area contributed by atoms with E-state index in [4.69, 9.17) is 11.6 Å². The first kappa shape index (κ1) is 13.1. The number of nitrogens with zero attached hydrogens (tertiary/aromatic N) is 2. The quantitative estimate of drug-likeness (QED) is 0.776. The lowest BCUT2D eigenvalue weighted by atomic mass is 10.1. The van der Waals surface area contributed by atoms with E-state index in [1.165, 1.54) is 4.90 Å². The van der Waals surface area contributed by atoms with Gasteiger partial charge in [0.05, 0.1) is 16.3 Å². The molecule has 1 aromatic carbocycles. The molecule has 1 fully saturated rings. The predicted molar refractivity (Wildman–Crippen MR) is 73.9 cm³/mol. The summed E-state index contributed by atoms with van der Waals surface area (Å²) in [6.45, 7) is 1.30. The largest absolute Gasteiger partial charge is 0.341 e. The minimum Gasteiger partial charge on any atom is -0.341 e. The number of benzene rings is 1. The SMILES string of the molecule is O=C1C(=O)N(CC(=O)N2CCCC2)c2c(Cl)cccc21. The number of para-hydroxylation sites is 1. The van der Waals surface area contributed by atoms with E-state index < -0.39 is 11.7 Å². The van der Waals surface area contributed by atoms with Crippen LogP contribution in [0.2, 0.25) is 5.02 Å². The number of carbonyl (C=O) groups excluding carboxylic acids is 3. The van der Waals surface area contributed by atoms with Gasteiger partial charge in [0.15, 0.2) is 0 Å². The van der Waals surface area contributed by atoms with Crippen molar-refractivity contribution in [3.8, 4) is 0 Å². The van der Waals surface area contributed by atoms with Gasteiger partial charge in [-0.05, 0) is 25.0 Å². The van der Waals surface area contributed by atoms with Crippen LogP contribution in [0.25, 0.3) is 0 Å². The van der Waals surface area contributed by atoms with Crippen molar-refractivity contribution in [1.29, 1.82) is 0 Å². The minimum atomic E-state index is -0.680. The van der Waals surface area contributed by atoms with E-state index in [2.05, 4.69) is 0 Å². The van der Waals surface area contributed by atoms with Crippen LogP contribution in [0, 0.1) is 0 Å². The maximum atomic E-state index is 12.2. The van der Waals surface area contributed by atoms with Gasteiger partial charge in [-0.2, -0.15) is 0 Å². The van der Waals surface area contributed by atoms with Gasteiger partial charge in [-0.3, -0.25) is 19.3 Å². The molecule has 6 heteroatoms. The Morgan fingerprint density at radius 1 is 1.20 bits per heavy atom. The molecule has 1 aromatic rings. The normalized spacial score (nSPS) is 17.9. The van der Waals surface area contributed by atoms with Crippen molar-refractivity contribution in [3.05, 3.63) is 28.8 Å². The molecule has 3 rings (SSSR count). The summed E-state index contributed by atoms with van der Waals surface area (Å²) < 4.78 is 0. The predicted octanol–water partition coefficient (Wildman–Crippen LogP) is 1.49. The second-order valence-electron chi connectivity index (χ2n) is 4.94. The summed E-state index contributed by atoms with van der Waals surface area (Å²) in [5.74, 6) is -1.42. The lowest BCUT2D eigenvalue weighted by molar-refractivity contribution is -0.129. The Labute approximate surface area is 121 Å². The molecule has 5 nitrogen and oxygen atoms in total. The maximum Gasteiger partial charge on any atom is 0.300 e. The summed E-state index contributed by atoms with van der Waals surface area (Å²) in [4.78, 5) is 39.0. The van der Waals surface area contributed by atoms with Crippen LogP contribution in [0.15, 0.2) is 18.2 Å². The van der Waals surface area contributed by atoms with Gasteiger partial charge < -0.3 is 4.90 Å². The van der Waals surface area contributed by atoms with Crippen LogP contribution in [-0.4, -0.2) is 42.1 Å². The first-order valence-electron chi connectivity index (χ1n) is 6.52. The molecule has 0 N–H and O–H groups in total. The van der Waals surface area contributed by atoms with Crippen molar-refractivity contribution in [2.45, 2.75) is 12.8 Å². The minimum absolute atomic E-state index is 0.124. The molecule has 0 aromatic heterocycles. The summed E-state index contributed by atoms with van der Waals surface area (Å²) in [7, 11) is 0. The van der Waals surface area contributed by atoms with Crippen LogP contribution >= 0.6 is 11.6 Å². The number of likely N-dealkylation sites (tertiary alicyclic amines) is 1. The number of halogens is 1. The molecule has 20 heavy (non-hydrogen) atoms. The van der Waals surface area contributed by atoms with E-state index in [0.717, 1.165) is 12.8 Å². The first-order valence-corrected chi connectivity index (χ1v) is 6.90. The van der Waals surface area contributed by atoms with E-state index in [9.17, 15) is 14.4 Å². The Balaban J connectivity index is 1.89. The monoisotopic (exact) mass is 292 g/mol. The molecule has 0 saturated carbocycles.